The summed E-state index contributed by atoms with van der Waals surface area (Å²) >= 11 is 0. The van der Waals surface area contributed by atoms with Gasteiger partial charge in [-0.1, -0.05) is 0 Å². The van der Waals surface area contributed by atoms with Crippen LogP contribution in [0.1, 0.15) is 19.3 Å². The van der Waals surface area contributed by atoms with E-state index >= 15 is 0 Å². The molecule has 1 rings (SSSR count). The number of carboxylic acids is 1. The van der Waals surface area contributed by atoms with Crippen LogP contribution in [-0.2, 0) is 9.59 Å². The Hall–Kier alpha value is -1.83. The molecule has 5 N–H and O–H groups in total. The summed E-state index contributed by atoms with van der Waals surface area (Å²) in [4.78, 5) is 34.9. The lowest BCUT2D eigenvalue weighted by molar-refractivity contribution is -0.139. The number of rotatable bonds is 6. The van der Waals surface area contributed by atoms with Crippen molar-refractivity contribution in [1.82, 2.24) is 10.2 Å². The highest BCUT2D eigenvalue weighted by molar-refractivity contribution is 5.83. The minimum Gasteiger partial charge on any atom is -0.480 e. The summed E-state index contributed by atoms with van der Waals surface area (Å²) in [5.41, 5.74) is 4.95. The van der Waals surface area contributed by atoms with Crippen LogP contribution in [-0.4, -0.2) is 58.8 Å². The highest BCUT2D eigenvalue weighted by Crippen LogP contribution is 2.15. The molecule has 1 saturated heterocycles. The molecule has 19 heavy (non-hydrogen) atoms. The molecule has 0 aliphatic carbocycles. The number of primary amides is 1. The fourth-order valence-electron chi connectivity index (χ4n) is 1.95. The fraction of sp³-hybridized carbons (Fsp3) is 0.727. The van der Waals surface area contributed by atoms with Crippen molar-refractivity contribution in [2.24, 2.45) is 11.7 Å². The van der Waals surface area contributed by atoms with Crippen molar-refractivity contribution in [3.05, 3.63) is 0 Å². The molecule has 1 aliphatic heterocycles. The van der Waals surface area contributed by atoms with Crippen molar-refractivity contribution < 1.29 is 24.6 Å². The molecule has 0 aromatic rings. The highest BCUT2D eigenvalue weighted by atomic mass is 16.4. The predicted octanol–water partition coefficient (Wildman–Crippen LogP) is -1.27. The van der Waals surface area contributed by atoms with E-state index in [0.717, 1.165) is 0 Å². The van der Waals surface area contributed by atoms with E-state index in [0.29, 0.717) is 19.5 Å². The SMILES string of the molecule is NC(=O)CC[C@@H](NC(=O)N1CCC(CO)C1)C(=O)O. The summed E-state index contributed by atoms with van der Waals surface area (Å²) in [6, 6.07) is -1.62. The highest BCUT2D eigenvalue weighted by Gasteiger charge is 2.28. The third-order valence-corrected chi connectivity index (χ3v) is 3.11. The quantitative estimate of drug-likeness (QED) is 0.479. The molecule has 3 amide bonds. The van der Waals surface area contributed by atoms with E-state index in [4.69, 9.17) is 15.9 Å². The molecule has 0 aromatic heterocycles. The second-order valence-electron chi connectivity index (χ2n) is 4.63. The first-order chi connectivity index (χ1) is 8.93. The van der Waals surface area contributed by atoms with E-state index in [-0.39, 0.29) is 25.4 Å². The lowest BCUT2D eigenvalue weighted by Gasteiger charge is -2.20. The van der Waals surface area contributed by atoms with Crippen LogP contribution < -0.4 is 11.1 Å². The van der Waals surface area contributed by atoms with Gasteiger partial charge >= 0.3 is 12.0 Å². The van der Waals surface area contributed by atoms with Gasteiger partial charge in [0.2, 0.25) is 5.91 Å². The van der Waals surface area contributed by atoms with Crippen molar-refractivity contribution in [3.8, 4) is 0 Å². The van der Waals surface area contributed by atoms with Crippen LogP contribution in [0, 0.1) is 5.92 Å². The Kier molecular flexibility index (Phi) is 5.56. The van der Waals surface area contributed by atoms with E-state index in [1.54, 1.807) is 0 Å². The van der Waals surface area contributed by atoms with Crippen LogP contribution in [0.25, 0.3) is 0 Å². The first-order valence-electron chi connectivity index (χ1n) is 6.11. The molecule has 0 aromatic carbocycles. The number of aliphatic hydroxyl groups is 1. The molecule has 1 unspecified atom stereocenters. The second kappa shape index (κ2) is 6.93. The molecule has 1 aliphatic rings. The fourth-order valence-corrected chi connectivity index (χ4v) is 1.95. The number of nitrogens with zero attached hydrogens (tertiary/aromatic N) is 1. The molecule has 8 nitrogen and oxygen atoms in total. The number of carbonyl (C=O) groups excluding carboxylic acids is 2. The van der Waals surface area contributed by atoms with Gasteiger partial charge in [-0.2, -0.15) is 0 Å². The minimum absolute atomic E-state index is 0.00775. The van der Waals surface area contributed by atoms with Gasteiger partial charge in [0.1, 0.15) is 6.04 Å². The van der Waals surface area contributed by atoms with Crippen LogP contribution in [0.2, 0.25) is 0 Å². The summed E-state index contributed by atoms with van der Waals surface area (Å²) in [7, 11) is 0. The number of likely N-dealkylation sites (tertiary alicyclic amines) is 1. The van der Waals surface area contributed by atoms with E-state index < -0.39 is 23.9 Å². The number of carbonyl (C=O) groups is 3. The van der Waals surface area contributed by atoms with Crippen LogP contribution in [0.15, 0.2) is 0 Å². The topological polar surface area (TPSA) is 133 Å². The Morgan fingerprint density at radius 1 is 1.42 bits per heavy atom. The molecule has 0 bridgehead atoms. The Balaban J connectivity index is 2.47. The maximum Gasteiger partial charge on any atom is 0.326 e. The third-order valence-electron chi connectivity index (χ3n) is 3.11. The molecule has 0 spiro atoms. The largest absolute Gasteiger partial charge is 0.480 e. The van der Waals surface area contributed by atoms with E-state index in [1.165, 1.54) is 4.90 Å². The van der Waals surface area contributed by atoms with Gasteiger partial charge < -0.3 is 26.2 Å². The standard InChI is InChI=1S/C11H19N3O5/c12-9(16)2-1-8(10(17)18)13-11(19)14-4-3-7(5-14)6-15/h7-8,15H,1-6H2,(H2,12,16)(H,13,19)(H,17,18)/t7?,8-/m1/s1. The first-order valence-corrected chi connectivity index (χ1v) is 6.11. The normalized spacial score (nSPS) is 20.1. The Labute approximate surface area is 110 Å². The summed E-state index contributed by atoms with van der Waals surface area (Å²) in [6.45, 7) is 0.900. The summed E-state index contributed by atoms with van der Waals surface area (Å²) in [5, 5.41) is 20.3. The lowest BCUT2D eigenvalue weighted by atomic mass is 10.1. The zero-order valence-corrected chi connectivity index (χ0v) is 10.5. The van der Waals surface area contributed by atoms with Crippen molar-refractivity contribution in [2.45, 2.75) is 25.3 Å². The van der Waals surface area contributed by atoms with E-state index in [2.05, 4.69) is 5.32 Å². The van der Waals surface area contributed by atoms with Crippen molar-refractivity contribution >= 4 is 17.9 Å². The number of nitrogens with one attached hydrogen (secondary N) is 1. The number of aliphatic hydroxyl groups excluding tert-OH is 1. The second-order valence-corrected chi connectivity index (χ2v) is 4.63. The van der Waals surface area contributed by atoms with Crippen LogP contribution in [0.4, 0.5) is 4.79 Å². The number of urea groups is 1. The van der Waals surface area contributed by atoms with E-state index in [1.807, 2.05) is 0 Å². The number of hydrogen-bond acceptors (Lipinski definition) is 4. The summed E-state index contributed by atoms with van der Waals surface area (Å²) in [5.74, 6) is -1.77. The summed E-state index contributed by atoms with van der Waals surface area (Å²) in [6.07, 6.45) is 0.563. The van der Waals surface area contributed by atoms with Crippen LogP contribution in [0.3, 0.4) is 0 Å². The van der Waals surface area contributed by atoms with Gasteiger partial charge in [0, 0.05) is 32.0 Å². The average Bonchev–Trinajstić information content (AvgIpc) is 2.82. The zero-order chi connectivity index (χ0) is 14.4. The van der Waals surface area contributed by atoms with Gasteiger partial charge in [0.15, 0.2) is 0 Å². The molecule has 1 fully saturated rings. The smallest absolute Gasteiger partial charge is 0.326 e. The number of hydrogen-bond donors (Lipinski definition) is 4. The third kappa shape index (κ3) is 4.74. The molecular formula is C11H19N3O5. The van der Waals surface area contributed by atoms with Crippen molar-refractivity contribution in [1.29, 1.82) is 0 Å². The molecular weight excluding hydrogens is 254 g/mol. The van der Waals surface area contributed by atoms with Gasteiger partial charge in [0.25, 0.3) is 0 Å². The van der Waals surface area contributed by atoms with Crippen LogP contribution in [0.5, 0.6) is 0 Å². The van der Waals surface area contributed by atoms with Gasteiger partial charge in [-0.3, -0.25) is 4.79 Å². The number of aliphatic carboxylic acids is 1. The van der Waals surface area contributed by atoms with Crippen LogP contribution >= 0.6 is 0 Å². The lowest BCUT2D eigenvalue weighted by Crippen LogP contribution is -2.47. The van der Waals surface area contributed by atoms with Crippen molar-refractivity contribution in [3.63, 3.8) is 0 Å². The van der Waals surface area contributed by atoms with Gasteiger partial charge in [-0.25, -0.2) is 9.59 Å². The molecule has 0 saturated carbocycles. The predicted molar refractivity (Wildman–Crippen MR) is 65.1 cm³/mol. The molecule has 8 heteroatoms. The van der Waals surface area contributed by atoms with Gasteiger partial charge in [-0.15, -0.1) is 0 Å². The number of carboxylic acid groups (broad SMARTS) is 1. The Bertz CT molecular complexity index is 360. The first kappa shape index (κ1) is 15.2. The minimum atomic E-state index is -1.20. The zero-order valence-electron chi connectivity index (χ0n) is 10.5. The van der Waals surface area contributed by atoms with Gasteiger partial charge in [-0.05, 0) is 12.8 Å². The molecule has 0 radical (unpaired) electrons. The van der Waals surface area contributed by atoms with Gasteiger partial charge in [0.05, 0.1) is 0 Å². The monoisotopic (exact) mass is 273 g/mol. The maximum atomic E-state index is 11.8. The van der Waals surface area contributed by atoms with E-state index in [9.17, 15) is 14.4 Å². The number of amides is 3. The Morgan fingerprint density at radius 3 is 2.58 bits per heavy atom. The van der Waals surface area contributed by atoms with Crippen molar-refractivity contribution in [2.75, 3.05) is 19.7 Å². The maximum absolute atomic E-state index is 11.8. The summed E-state index contributed by atoms with van der Waals surface area (Å²) < 4.78 is 0. The molecule has 108 valence electrons. The molecule has 2 atom stereocenters. The number of nitrogens with two attached hydrogens (primary N) is 1. The Morgan fingerprint density at radius 2 is 2.11 bits per heavy atom. The average molecular weight is 273 g/mol. The molecule has 1 heterocycles.